The highest BCUT2D eigenvalue weighted by Crippen LogP contribution is 2.34. The number of nitriles is 1. The Balaban J connectivity index is 2.37. The van der Waals surface area contributed by atoms with Crippen LogP contribution in [0.2, 0.25) is 0 Å². The standard InChI is InChI=1S/C14H16N2O2/c1-10(2)11-4-5-13-12(8-11)16(7-3-6-15)14(17)9-18-13/h4-5,8,10H,3,7,9H2,1-2H3. The van der Waals surface area contributed by atoms with Crippen molar-refractivity contribution in [2.45, 2.75) is 26.2 Å². The summed E-state index contributed by atoms with van der Waals surface area (Å²) in [5.41, 5.74) is 1.95. The van der Waals surface area contributed by atoms with E-state index in [1.807, 2.05) is 18.2 Å². The van der Waals surface area contributed by atoms with E-state index < -0.39 is 0 Å². The van der Waals surface area contributed by atoms with Crippen molar-refractivity contribution in [1.29, 1.82) is 5.26 Å². The van der Waals surface area contributed by atoms with Crippen molar-refractivity contribution >= 4 is 11.6 Å². The Morgan fingerprint density at radius 2 is 2.28 bits per heavy atom. The van der Waals surface area contributed by atoms with Crippen LogP contribution in [-0.2, 0) is 4.79 Å². The van der Waals surface area contributed by atoms with Crippen molar-refractivity contribution < 1.29 is 9.53 Å². The third kappa shape index (κ3) is 2.30. The fraction of sp³-hybridized carbons (Fsp3) is 0.429. The summed E-state index contributed by atoms with van der Waals surface area (Å²) < 4.78 is 5.41. The molecule has 0 saturated carbocycles. The molecule has 0 atom stereocenters. The van der Waals surface area contributed by atoms with Crippen LogP contribution in [-0.4, -0.2) is 19.1 Å². The number of carbonyl (C=O) groups excluding carboxylic acids is 1. The van der Waals surface area contributed by atoms with Crippen molar-refractivity contribution in [1.82, 2.24) is 0 Å². The maximum atomic E-state index is 11.8. The number of carbonyl (C=O) groups is 1. The number of anilines is 1. The van der Waals surface area contributed by atoms with Gasteiger partial charge in [-0.15, -0.1) is 0 Å². The van der Waals surface area contributed by atoms with E-state index in [0.717, 1.165) is 17.0 Å². The molecule has 0 bridgehead atoms. The van der Waals surface area contributed by atoms with E-state index in [4.69, 9.17) is 10.00 Å². The van der Waals surface area contributed by atoms with Crippen molar-refractivity contribution in [3.8, 4) is 11.8 Å². The average molecular weight is 244 g/mol. The Kier molecular flexibility index (Phi) is 3.52. The largest absolute Gasteiger partial charge is 0.482 e. The van der Waals surface area contributed by atoms with Crippen LogP contribution in [0.5, 0.6) is 5.75 Å². The Morgan fingerprint density at radius 3 is 2.94 bits per heavy atom. The highest BCUT2D eigenvalue weighted by molar-refractivity contribution is 5.97. The molecule has 0 saturated heterocycles. The molecule has 0 aliphatic carbocycles. The lowest BCUT2D eigenvalue weighted by atomic mass is 10.0. The average Bonchev–Trinajstić information content (AvgIpc) is 2.37. The van der Waals surface area contributed by atoms with E-state index in [-0.39, 0.29) is 12.5 Å². The molecule has 1 heterocycles. The summed E-state index contributed by atoms with van der Waals surface area (Å²) in [5, 5.41) is 8.65. The fourth-order valence-electron chi connectivity index (χ4n) is 1.99. The van der Waals surface area contributed by atoms with Crippen molar-refractivity contribution in [3.05, 3.63) is 23.8 Å². The van der Waals surface area contributed by atoms with Gasteiger partial charge in [-0.1, -0.05) is 19.9 Å². The van der Waals surface area contributed by atoms with E-state index in [0.29, 0.717) is 18.9 Å². The number of rotatable bonds is 3. The lowest BCUT2D eigenvalue weighted by molar-refractivity contribution is -0.121. The molecule has 94 valence electrons. The smallest absolute Gasteiger partial charge is 0.265 e. The van der Waals surface area contributed by atoms with Crippen LogP contribution in [0.15, 0.2) is 18.2 Å². The molecule has 0 aromatic heterocycles. The second-order valence-corrected chi connectivity index (χ2v) is 4.62. The number of hydrogen-bond acceptors (Lipinski definition) is 3. The summed E-state index contributed by atoms with van der Waals surface area (Å²) in [7, 11) is 0. The lowest BCUT2D eigenvalue weighted by Gasteiger charge is -2.29. The van der Waals surface area contributed by atoms with Crippen LogP contribution < -0.4 is 9.64 Å². The molecule has 4 nitrogen and oxygen atoms in total. The number of fused-ring (bicyclic) bond motifs is 1. The van der Waals surface area contributed by atoms with Gasteiger partial charge in [-0.3, -0.25) is 4.79 Å². The zero-order chi connectivity index (χ0) is 13.1. The van der Waals surface area contributed by atoms with Gasteiger partial charge in [0, 0.05) is 6.54 Å². The molecular formula is C14H16N2O2. The normalized spacial score (nSPS) is 14.1. The van der Waals surface area contributed by atoms with Crippen LogP contribution >= 0.6 is 0 Å². The minimum atomic E-state index is -0.0846. The molecule has 1 aromatic carbocycles. The third-order valence-electron chi connectivity index (χ3n) is 3.04. The summed E-state index contributed by atoms with van der Waals surface area (Å²) in [6.45, 7) is 4.69. The Labute approximate surface area is 107 Å². The van der Waals surface area contributed by atoms with Crippen molar-refractivity contribution in [3.63, 3.8) is 0 Å². The lowest BCUT2D eigenvalue weighted by Crippen LogP contribution is -2.39. The second kappa shape index (κ2) is 5.09. The summed E-state index contributed by atoms with van der Waals surface area (Å²) in [6.07, 6.45) is 0.330. The van der Waals surface area contributed by atoms with E-state index >= 15 is 0 Å². The SMILES string of the molecule is CC(C)c1ccc2c(c1)N(CCC#N)C(=O)CO2. The first kappa shape index (κ1) is 12.4. The van der Waals surface area contributed by atoms with E-state index in [2.05, 4.69) is 19.9 Å². The maximum Gasteiger partial charge on any atom is 0.265 e. The Bertz CT molecular complexity index is 503. The molecule has 0 N–H and O–H groups in total. The quantitative estimate of drug-likeness (QED) is 0.820. The van der Waals surface area contributed by atoms with Gasteiger partial charge in [-0.05, 0) is 23.6 Å². The van der Waals surface area contributed by atoms with Crippen LogP contribution in [0.1, 0.15) is 31.7 Å². The highest BCUT2D eigenvalue weighted by Gasteiger charge is 2.25. The molecule has 1 aliphatic rings. The number of nitrogens with zero attached hydrogens (tertiary/aromatic N) is 2. The van der Waals surface area contributed by atoms with Crippen molar-refractivity contribution in [2.75, 3.05) is 18.1 Å². The fourth-order valence-corrected chi connectivity index (χ4v) is 1.99. The minimum Gasteiger partial charge on any atom is -0.482 e. The van der Waals surface area contributed by atoms with Crippen LogP contribution in [0.4, 0.5) is 5.69 Å². The predicted molar refractivity (Wildman–Crippen MR) is 68.6 cm³/mol. The number of amides is 1. The molecule has 0 radical (unpaired) electrons. The molecule has 1 amide bonds. The molecule has 1 aromatic rings. The minimum absolute atomic E-state index is 0.0550. The first-order chi connectivity index (χ1) is 8.63. The van der Waals surface area contributed by atoms with Crippen molar-refractivity contribution in [2.24, 2.45) is 0 Å². The first-order valence-corrected chi connectivity index (χ1v) is 6.07. The number of hydrogen-bond donors (Lipinski definition) is 0. The Hall–Kier alpha value is -2.02. The molecule has 0 spiro atoms. The summed E-state index contributed by atoms with van der Waals surface area (Å²) in [6, 6.07) is 7.96. The molecule has 0 unspecified atom stereocenters. The van der Waals surface area contributed by atoms with Crippen LogP contribution in [0, 0.1) is 11.3 Å². The molecular weight excluding hydrogens is 228 g/mol. The number of benzene rings is 1. The Morgan fingerprint density at radius 1 is 1.50 bits per heavy atom. The van der Waals surface area contributed by atoms with Crippen LogP contribution in [0.25, 0.3) is 0 Å². The van der Waals surface area contributed by atoms with Gasteiger partial charge in [0.05, 0.1) is 18.2 Å². The van der Waals surface area contributed by atoms with Gasteiger partial charge in [0.25, 0.3) is 5.91 Å². The molecule has 1 aliphatic heterocycles. The van der Waals surface area contributed by atoms with Crippen LogP contribution in [0.3, 0.4) is 0 Å². The van der Waals surface area contributed by atoms with E-state index in [1.165, 1.54) is 0 Å². The molecule has 2 rings (SSSR count). The van der Waals surface area contributed by atoms with Gasteiger partial charge in [-0.25, -0.2) is 0 Å². The van der Waals surface area contributed by atoms with E-state index in [1.54, 1.807) is 4.90 Å². The van der Waals surface area contributed by atoms with Gasteiger partial charge >= 0.3 is 0 Å². The zero-order valence-corrected chi connectivity index (χ0v) is 10.6. The first-order valence-electron chi connectivity index (χ1n) is 6.07. The second-order valence-electron chi connectivity index (χ2n) is 4.62. The van der Waals surface area contributed by atoms with Gasteiger partial charge in [0.2, 0.25) is 0 Å². The molecule has 0 fully saturated rings. The predicted octanol–water partition coefficient (Wildman–Crippen LogP) is 2.45. The van der Waals surface area contributed by atoms with Gasteiger partial charge in [0.1, 0.15) is 5.75 Å². The monoisotopic (exact) mass is 244 g/mol. The number of ether oxygens (including phenoxy) is 1. The third-order valence-corrected chi connectivity index (χ3v) is 3.04. The highest BCUT2D eigenvalue weighted by atomic mass is 16.5. The van der Waals surface area contributed by atoms with E-state index in [9.17, 15) is 4.79 Å². The summed E-state index contributed by atoms with van der Waals surface area (Å²) in [4.78, 5) is 13.5. The zero-order valence-electron chi connectivity index (χ0n) is 10.6. The van der Waals surface area contributed by atoms with Gasteiger partial charge < -0.3 is 9.64 Å². The summed E-state index contributed by atoms with van der Waals surface area (Å²) in [5.74, 6) is 1.03. The van der Waals surface area contributed by atoms with Gasteiger partial charge in [-0.2, -0.15) is 5.26 Å². The maximum absolute atomic E-state index is 11.8. The summed E-state index contributed by atoms with van der Waals surface area (Å²) >= 11 is 0. The topological polar surface area (TPSA) is 53.3 Å². The van der Waals surface area contributed by atoms with Gasteiger partial charge in [0.15, 0.2) is 6.61 Å². The molecule has 18 heavy (non-hydrogen) atoms. The molecule has 4 heteroatoms.